The van der Waals surface area contributed by atoms with Crippen molar-refractivity contribution in [1.29, 1.82) is 0 Å². The Labute approximate surface area is 239 Å². The van der Waals surface area contributed by atoms with Crippen LogP contribution >= 0.6 is 0 Å². The summed E-state index contributed by atoms with van der Waals surface area (Å²) in [5.74, 6) is 0. The fourth-order valence-corrected chi connectivity index (χ4v) is 6.17. The van der Waals surface area contributed by atoms with E-state index in [0.29, 0.717) is 12.1 Å². The second-order valence-corrected chi connectivity index (χ2v) is 11.3. The highest BCUT2D eigenvalue weighted by Crippen LogP contribution is 2.26. The Hall–Kier alpha value is -3.28. The lowest BCUT2D eigenvalue weighted by Gasteiger charge is -2.46. The minimum atomic E-state index is 0.0479. The van der Waals surface area contributed by atoms with E-state index in [2.05, 4.69) is 131 Å². The van der Waals surface area contributed by atoms with E-state index in [9.17, 15) is 0 Å². The van der Waals surface area contributed by atoms with E-state index in [4.69, 9.17) is 9.47 Å². The maximum atomic E-state index is 6.63. The summed E-state index contributed by atoms with van der Waals surface area (Å²) in [7, 11) is 0. The molecule has 0 spiro atoms. The zero-order valence-electron chi connectivity index (χ0n) is 23.2. The standard InChI is InChI=1S/C36H40N2O2/c1-5-13-29(14-6-1)21-33-27-39-35(25-37(33)23-31-17-9-3-10-18-31)36-26-38(24-32-19-11-4-12-20-32)34(28-40-36)22-30-15-7-2-8-16-30/h1-20,33-36H,21-28H2/t33-,34-,35-,36-/m0/s1. The van der Waals surface area contributed by atoms with Crippen molar-refractivity contribution in [1.82, 2.24) is 9.80 Å². The molecule has 0 amide bonds. The van der Waals surface area contributed by atoms with Crippen LogP contribution < -0.4 is 0 Å². The van der Waals surface area contributed by atoms with E-state index in [1.54, 1.807) is 0 Å². The molecule has 40 heavy (non-hydrogen) atoms. The fraction of sp³-hybridized carbons (Fsp3) is 0.333. The molecule has 0 N–H and O–H groups in total. The molecule has 4 aromatic carbocycles. The van der Waals surface area contributed by atoms with Crippen molar-refractivity contribution in [3.63, 3.8) is 0 Å². The Morgan fingerprint density at radius 3 is 1.12 bits per heavy atom. The van der Waals surface area contributed by atoms with Crippen molar-refractivity contribution in [3.8, 4) is 0 Å². The molecule has 4 atom stereocenters. The van der Waals surface area contributed by atoms with Gasteiger partial charge in [0.2, 0.25) is 0 Å². The third-order valence-corrected chi connectivity index (χ3v) is 8.37. The van der Waals surface area contributed by atoms with Crippen LogP contribution in [-0.4, -0.2) is 60.4 Å². The Morgan fingerprint density at radius 1 is 0.450 bits per heavy atom. The average Bonchev–Trinajstić information content (AvgIpc) is 3.01. The lowest BCUT2D eigenvalue weighted by molar-refractivity contribution is -0.165. The van der Waals surface area contributed by atoms with Crippen molar-refractivity contribution >= 4 is 0 Å². The number of benzene rings is 4. The van der Waals surface area contributed by atoms with Crippen molar-refractivity contribution in [2.45, 2.75) is 50.2 Å². The molecule has 2 saturated heterocycles. The van der Waals surface area contributed by atoms with Gasteiger partial charge in [0.05, 0.1) is 25.4 Å². The number of ether oxygens (including phenoxy) is 2. The van der Waals surface area contributed by atoms with Crippen molar-refractivity contribution in [2.75, 3.05) is 26.3 Å². The Balaban J connectivity index is 1.17. The van der Waals surface area contributed by atoms with Crippen molar-refractivity contribution in [3.05, 3.63) is 144 Å². The van der Waals surface area contributed by atoms with Gasteiger partial charge in [-0.05, 0) is 35.1 Å². The minimum Gasteiger partial charge on any atom is -0.372 e. The van der Waals surface area contributed by atoms with Gasteiger partial charge in [-0.2, -0.15) is 0 Å². The highest BCUT2D eigenvalue weighted by atomic mass is 16.5. The lowest BCUT2D eigenvalue weighted by Crippen LogP contribution is -2.59. The summed E-state index contributed by atoms with van der Waals surface area (Å²) in [6.45, 7) is 5.04. The summed E-state index contributed by atoms with van der Waals surface area (Å²) in [5.41, 5.74) is 5.41. The van der Waals surface area contributed by atoms with Gasteiger partial charge in [-0.15, -0.1) is 0 Å². The van der Waals surface area contributed by atoms with E-state index in [1.807, 2.05) is 0 Å². The molecule has 4 aromatic rings. The maximum Gasteiger partial charge on any atom is 0.0976 e. The predicted octanol–water partition coefficient (Wildman–Crippen LogP) is 6.01. The molecule has 0 radical (unpaired) electrons. The molecule has 2 fully saturated rings. The summed E-state index contributed by atoms with van der Waals surface area (Å²) in [4.78, 5) is 5.24. The van der Waals surface area contributed by atoms with E-state index in [1.165, 1.54) is 22.3 Å². The van der Waals surface area contributed by atoms with Crippen molar-refractivity contribution < 1.29 is 9.47 Å². The maximum absolute atomic E-state index is 6.63. The first kappa shape index (κ1) is 26.9. The van der Waals surface area contributed by atoms with Gasteiger partial charge in [-0.1, -0.05) is 121 Å². The molecule has 0 aliphatic carbocycles. The quantitative estimate of drug-likeness (QED) is 0.264. The third kappa shape index (κ3) is 7.07. The number of nitrogens with zero attached hydrogens (tertiary/aromatic N) is 2. The van der Waals surface area contributed by atoms with Crippen LogP contribution in [-0.2, 0) is 35.4 Å². The first-order valence-electron chi connectivity index (χ1n) is 14.7. The molecule has 2 aliphatic rings. The monoisotopic (exact) mass is 532 g/mol. The Bertz CT molecular complexity index is 1180. The summed E-state index contributed by atoms with van der Waals surface area (Å²) in [5, 5.41) is 0. The smallest absolute Gasteiger partial charge is 0.0976 e. The van der Waals surface area contributed by atoms with Gasteiger partial charge in [0.25, 0.3) is 0 Å². The van der Waals surface area contributed by atoms with Crippen LogP contribution in [0.15, 0.2) is 121 Å². The Morgan fingerprint density at radius 2 is 0.775 bits per heavy atom. The molecule has 0 unspecified atom stereocenters. The van der Waals surface area contributed by atoms with Gasteiger partial charge >= 0.3 is 0 Å². The van der Waals surface area contributed by atoms with Gasteiger partial charge in [-0.25, -0.2) is 0 Å². The van der Waals surface area contributed by atoms with Crippen molar-refractivity contribution in [2.24, 2.45) is 0 Å². The molecule has 4 nitrogen and oxygen atoms in total. The SMILES string of the molecule is c1ccc(C[C@H]2CO[C@H]([C@@H]3CN(Cc4ccccc4)[C@@H](Cc4ccccc4)CO3)CN2Cc2ccccc2)cc1. The van der Waals surface area contributed by atoms with Crippen LogP contribution in [0.4, 0.5) is 0 Å². The summed E-state index contributed by atoms with van der Waals surface area (Å²) < 4.78 is 13.3. The average molecular weight is 533 g/mol. The van der Waals surface area contributed by atoms with E-state index >= 15 is 0 Å². The highest BCUT2D eigenvalue weighted by Gasteiger charge is 2.38. The molecular formula is C36H40N2O2. The number of rotatable bonds is 9. The zero-order valence-corrected chi connectivity index (χ0v) is 23.2. The first-order chi connectivity index (χ1) is 19.8. The highest BCUT2D eigenvalue weighted by molar-refractivity contribution is 5.20. The summed E-state index contributed by atoms with van der Waals surface area (Å²) in [6.07, 6.45) is 2.08. The topological polar surface area (TPSA) is 24.9 Å². The number of hydrogen-bond donors (Lipinski definition) is 0. The predicted molar refractivity (Wildman–Crippen MR) is 161 cm³/mol. The van der Waals surface area contributed by atoms with E-state index in [-0.39, 0.29) is 12.2 Å². The summed E-state index contributed by atoms with van der Waals surface area (Å²) in [6, 6.07) is 44.0. The minimum absolute atomic E-state index is 0.0479. The number of hydrogen-bond acceptors (Lipinski definition) is 4. The van der Waals surface area contributed by atoms with Gasteiger partial charge in [0, 0.05) is 38.3 Å². The van der Waals surface area contributed by atoms with Gasteiger partial charge in [0.15, 0.2) is 0 Å². The third-order valence-electron chi connectivity index (χ3n) is 8.37. The van der Waals surface area contributed by atoms with Crippen LogP contribution in [0.3, 0.4) is 0 Å². The van der Waals surface area contributed by atoms with Gasteiger partial charge in [-0.3, -0.25) is 9.80 Å². The molecule has 0 bridgehead atoms. The van der Waals surface area contributed by atoms with Gasteiger partial charge in [0.1, 0.15) is 0 Å². The molecule has 206 valence electrons. The normalized spacial score (nSPS) is 24.1. The van der Waals surface area contributed by atoms with Crippen LogP contribution in [0, 0.1) is 0 Å². The van der Waals surface area contributed by atoms with Gasteiger partial charge < -0.3 is 9.47 Å². The molecule has 0 aromatic heterocycles. The molecule has 2 aliphatic heterocycles. The molecule has 6 rings (SSSR count). The van der Waals surface area contributed by atoms with Crippen LogP contribution in [0.2, 0.25) is 0 Å². The first-order valence-corrected chi connectivity index (χ1v) is 14.7. The van der Waals surface area contributed by atoms with E-state index < -0.39 is 0 Å². The van der Waals surface area contributed by atoms with Crippen LogP contribution in [0.5, 0.6) is 0 Å². The largest absolute Gasteiger partial charge is 0.372 e. The lowest BCUT2D eigenvalue weighted by atomic mass is 9.98. The molecule has 2 heterocycles. The van der Waals surface area contributed by atoms with E-state index in [0.717, 1.165) is 52.2 Å². The second-order valence-electron chi connectivity index (χ2n) is 11.3. The molecule has 4 heteroatoms. The zero-order chi connectivity index (χ0) is 27.0. The summed E-state index contributed by atoms with van der Waals surface area (Å²) >= 11 is 0. The Kier molecular flexibility index (Phi) is 9.01. The van der Waals surface area contributed by atoms with Crippen LogP contribution in [0.1, 0.15) is 22.3 Å². The second kappa shape index (κ2) is 13.4. The molecule has 0 saturated carbocycles. The number of morpholine rings is 2. The van der Waals surface area contributed by atoms with Crippen LogP contribution in [0.25, 0.3) is 0 Å². The fourth-order valence-electron chi connectivity index (χ4n) is 6.17. The molecular weight excluding hydrogens is 492 g/mol.